The molecule has 0 amide bonds. The molecule has 0 saturated carbocycles. The summed E-state index contributed by atoms with van der Waals surface area (Å²) in [4.78, 5) is 2.78. The molecule has 0 bridgehead atoms. The van der Waals surface area contributed by atoms with Crippen molar-refractivity contribution in [2.24, 2.45) is 0 Å². The number of nitrogens with zero attached hydrogens (tertiary/aromatic N) is 2. The lowest BCUT2D eigenvalue weighted by atomic mass is 10.0. The summed E-state index contributed by atoms with van der Waals surface area (Å²) in [6.07, 6.45) is 0. The lowest BCUT2D eigenvalue weighted by Crippen LogP contribution is -2.11. The molecule has 0 aromatic heterocycles. The zero-order valence-corrected chi connectivity index (χ0v) is 27.7. The Morgan fingerprint density at radius 1 is 0.314 bits per heavy atom. The van der Waals surface area contributed by atoms with Gasteiger partial charge in [-0.05, 0) is 66.6 Å². The number of hydrogen-bond donors (Lipinski definition) is 10. The van der Waals surface area contributed by atoms with Gasteiger partial charge in [-0.3, -0.25) is 0 Å². The highest BCUT2D eigenvalue weighted by atomic mass is 16.4. The van der Waals surface area contributed by atoms with E-state index in [4.69, 9.17) is 0 Å². The normalized spacial score (nSPS) is 10.6. The van der Waals surface area contributed by atoms with Crippen LogP contribution in [0.25, 0.3) is 11.1 Å². The average Bonchev–Trinajstić information content (AvgIpc) is 3.17. The summed E-state index contributed by atoms with van der Waals surface area (Å²) in [5.74, 6) is -9.63. The van der Waals surface area contributed by atoms with E-state index >= 15 is 0 Å². The van der Waals surface area contributed by atoms with Crippen LogP contribution in [0.15, 0.2) is 103 Å². The smallest absolute Gasteiger partial charge is 0.208 e. The monoisotopic (exact) mass is 692 g/mol. The summed E-state index contributed by atoms with van der Waals surface area (Å²) in [6, 6.07) is 29.3. The maximum atomic E-state index is 10.8. The van der Waals surface area contributed by atoms with E-state index in [0.29, 0.717) is 22.7 Å². The molecule has 0 aliphatic rings. The van der Waals surface area contributed by atoms with Gasteiger partial charge in [-0.15, -0.1) is 0 Å². The van der Waals surface area contributed by atoms with Gasteiger partial charge in [0.1, 0.15) is 11.4 Å². The Morgan fingerprint density at radius 2 is 0.569 bits per heavy atom. The first kappa shape index (κ1) is 35.2. The van der Waals surface area contributed by atoms with Crippen molar-refractivity contribution in [3.05, 3.63) is 109 Å². The van der Waals surface area contributed by atoms with Gasteiger partial charge in [0.25, 0.3) is 0 Å². The van der Waals surface area contributed by atoms with Crippen molar-refractivity contribution in [1.82, 2.24) is 0 Å². The van der Waals surface area contributed by atoms with Gasteiger partial charge < -0.3 is 60.9 Å². The first-order valence-electron chi connectivity index (χ1n) is 15.7. The van der Waals surface area contributed by atoms with Gasteiger partial charge in [-0.25, -0.2) is 0 Å². The number of aryl methyl sites for hydroxylation is 1. The Morgan fingerprint density at radius 3 is 0.882 bits per heavy atom. The van der Waals surface area contributed by atoms with Crippen molar-refractivity contribution < 1.29 is 51.1 Å². The summed E-state index contributed by atoms with van der Waals surface area (Å²) in [5.41, 5.74) is 3.36. The average molecular weight is 693 g/mol. The highest BCUT2D eigenvalue weighted by Crippen LogP contribution is 2.59. The first-order chi connectivity index (χ1) is 24.4. The van der Waals surface area contributed by atoms with Crippen LogP contribution >= 0.6 is 0 Å². The summed E-state index contributed by atoms with van der Waals surface area (Å²) in [6.45, 7) is 5.88. The van der Waals surface area contributed by atoms with Crippen LogP contribution in [0.2, 0.25) is 0 Å². The third-order valence-corrected chi connectivity index (χ3v) is 8.03. The predicted molar refractivity (Wildman–Crippen MR) is 194 cm³/mol. The van der Waals surface area contributed by atoms with E-state index in [1.54, 1.807) is 103 Å². The van der Waals surface area contributed by atoms with Gasteiger partial charge in [-0.1, -0.05) is 74.0 Å². The Kier molecular flexibility index (Phi) is 9.80. The highest BCUT2D eigenvalue weighted by molar-refractivity contribution is 5.91. The largest absolute Gasteiger partial charge is 0.503 e. The summed E-state index contributed by atoms with van der Waals surface area (Å²) in [5, 5.41) is 104. The molecule has 12 nitrogen and oxygen atoms in total. The van der Waals surface area contributed by atoms with Crippen molar-refractivity contribution in [3.63, 3.8) is 0 Å². The van der Waals surface area contributed by atoms with E-state index in [0.717, 1.165) is 16.7 Å². The van der Waals surface area contributed by atoms with Crippen molar-refractivity contribution in [3.8, 4) is 68.6 Å². The fraction of sp³-hybridized carbons (Fsp3) is 0.0769. The zero-order valence-electron chi connectivity index (χ0n) is 27.7. The van der Waals surface area contributed by atoms with E-state index in [1.807, 2.05) is 20.8 Å². The molecule has 0 fully saturated rings. The second-order valence-electron chi connectivity index (χ2n) is 11.1. The van der Waals surface area contributed by atoms with Crippen LogP contribution in [0.5, 0.6) is 57.5 Å². The minimum absolute atomic E-state index is 0.368. The summed E-state index contributed by atoms with van der Waals surface area (Å²) < 4.78 is 0. The maximum Gasteiger partial charge on any atom is 0.208 e. The second kappa shape index (κ2) is 14.2. The molecule has 12 heteroatoms. The predicted octanol–water partition coefficient (Wildman–Crippen LogP) is 8.68. The molecule has 0 radical (unpaired) electrons. The molecular weight excluding hydrogens is 656 g/mol. The topological polar surface area (TPSA) is 209 Å². The number of aromatic hydroxyl groups is 10. The molecule has 0 atom stereocenters. The molecule has 0 aliphatic heterocycles. The lowest BCUT2D eigenvalue weighted by Gasteiger charge is -2.28. The van der Waals surface area contributed by atoms with Crippen LogP contribution in [-0.4, -0.2) is 51.1 Å². The number of benzene rings is 6. The van der Waals surface area contributed by atoms with Gasteiger partial charge in [-0.2, -0.15) is 0 Å². The molecule has 6 aromatic carbocycles. The van der Waals surface area contributed by atoms with E-state index < -0.39 is 57.5 Å². The van der Waals surface area contributed by atoms with Gasteiger partial charge in [0.2, 0.25) is 34.5 Å². The number of rotatable bonds is 7. The van der Waals surface area contributed by atoms with Gasteiger partial charge in [0.05, 0.1) is 0 Å². The SMILES string of the molecule is CC.Cc1ccc(N(c2ccc(-c3ccc(N(c4ccccc4)c4c(O)c(O)c(O)c(O)c4O)cc3)cc2)c2c(O)c(O)c(O)c(O)c2O)cc1. The minimum atomic E-state index is -1.07. The van der Waals surface area contributed by atoms with Crippen molar-refractivity contribution in [2.75, 3.05) is 9.80 Å². The van der Waals surface area contributed by atoms with Crippen LogP contribution in [0.3, 0.4) is 0 Å². The molecule has 0 heterocycles. The third kappa shape index (κ3) is 6.29. The number of anilines is 6. The molecule has 0 unspecified atom stereocenters. The van der Waals surface area contributed by atoms with Crippen LogP contribution in [0, 0.1) is 6.92 Å². The fourth-order valence-electron chi connectivity index (χ4n) is 5.46. The first-order valence-corrected chi connectivity index (χ1v) is 15.7. The summed E-state index contributed by atoms with van der Waals surface area (Å²) in [7, 11) is 0. The molecule has 51 heavy (non-hydrogen) atoms. The van der Waals surface area contributed by atoms with Crippen LogP contribution in [0.1, 0.15) is 19.4 Å². The Bertz CT molecular complexity index is 2110. The molecule has 6 rings (SSSR count). The minimum Gasteiger partial charge on any atom is -0.503 e. The van der Waals surface area contributed by atoms with Crippen LogP contribution in [0.4, 0.5) is 34.1 Å². The Labute approximate surface area is 292 Å². The number of hydrogen-bond acceptors (Lipinski definition) is 12. The van der Waals surface area contributed by atoms with E-state index in [9.17, 15) is 51.1 Å². The van der Waals surface area contributed by atoms with Crippen LogP contribution in [-0.2, 0) is 0 Å². The Hall–Kier alpha value is -7.08. The second-order valence-corrected chi connectivity index (χ2v) is 11.1. The molecule has 262 valence electrons. The van der Waals surface area contributed by atoms with Crippen molar-refractivity contribution in [2.45, 2.75) is 20.8 Å². The molecular formula is C39H36N2O10. The Balaban J connectivity index is 0.00000248. The van der Waals surface area contributed by atoms with Gasteiger partial charge in [0, 0.05) is 22.7 Å². The van der Waals surface area contributed by atoms with Crippen molar-refractivity contribution in [1.29, 1.82) is 0 Å². The van der Waals surface area contributed by atoms with E-state index in [-0.39, 0.29) is 11.4 Å². The molecule has 0 aliphatic carbocycles. The molecule has 0 saturated heterocycles. The lowest BCUT2D eigenvalue weighted by molar-refractivity contribution is 0.329. The van der Waals surface area contributed by atoms with Gasteiger partial charge >= 0.3 is 0 Å². The van der Waals surface area contributed by atoms with Crippen LogP contribution < -0.4 is 9.80 Å². The summed E-state index contributed by atoms with van der Waals surface area (Å²) >= 11 is 0. The maximum absolute atomic E-state index is 10.8. The van der Waals surface area contributed by atoms with E-state index in [1.165, 1.54) is 9.80 Å². The van der Waals surface area contributed by atoms with Gasteiger partial charge in [0.15, 0.2) is 23.0 Å². The quantitative estimate of drug-likeness (QED) is 0.0563. The number of para-hydroxylation sites is 1. The number of phenols is 10. The molecule has 0 spiro atoms. The fourth-order valence-corrected chi connectivity index (χ4v) is 5.46. The van der Waals surface area contributed by atoms with Crippen molar-refractivity contribution >= 4 is 34.1 Å². The van der Waals surface area contributed by atoms with E-state index in [2.05, 4.69) is 0 Å². The number of phenolic OH excluding ortho intramolecular Hbond substituents is 10. The zero-order chi connectivity index (χ0) is 37.1. The highest BCUT2D eigenvalue weighted by Gasteiger charge is 2.30. The molecule has 10 N–H and O–H groups in total. The third-order valence-electron chi connectivity index (χ3n) is 8.03. The standard InChI is InChI=1S/C37H30N2O10.C2H6/c1-19-7-13-23(14-8-19)39(27-30(42)34(46)37(49)35(47)31(27)43)25-17-11-21(12-18-25)20-9-15-24(16-10-20)38(22-5-3-2-4-6-22)26-28(40)32(44)36(48)33(45)29(26)41;1-2/h2-18,40-49H,1H3;1-2H3. The molecule has 6 aromatic rings.